The molecule has 2 heterocycles. The second-order valence-electron chi connectivity index (χ2n) is 9.74. The fourth-order valence-corrected chi connectivity index (χ4v) is 5.74. The van der Waals surface area contributed by atoms with Gasteiger partial charge in [-0.1, -0.05) is 61.9 Å². The van der Waals surface area contributed by atoms with E-state index in [1.807, 2.05) is 0 Å². The highest BCUT2D eigenvalue weighted by Crippen LogP contribution is 2.46. The van der Waals surface area contributed by atoms with Gasteiger partial charge in [0.05, 0.1) is 7.05 Å². The molecule has 174 valence electrons. The van der Waals surface area contributed by atoms with E-state index in [9.17, 15) is 0 Å². The second-order valence-corrected chi connectivity index (χ2v) is 10.1. The molecule has 0 saturated heterocycles. The molecule has 0 radical (unpaired) electrons. The first kappa shape index (κ1) is 22.7. The van der Waals surface area contributed by atoms with Crippen LogP contribution in [0.3, 0.4) is 0 Å². The number of hydrogen-bond donors (Lipinski definition) is 1. The van der Waals surface area contributed by atoms with Gasteiger partial charge in [-0.05, 0) is 72.2 Å². The SMILES string of the molecule is CC(C)C1/C(=C/C=C2/CCCC(/C=C/c3[nH]c4ccccc4[n+]3C)=C2Cl)N(C)c2ccccc21. The highest BCUT2D eigenvalue weighted by molar-refractivity contribution is 6.32. The van der Waals surface area contributed by atoms with Crippen molar-refractivity contribution in [1.82, 2.24) is 4.98 Å². The van der Waals surface area contributed by atoms with Gasteiger partial charge in [-0.25, -0.2) is 9.55 Å². The minimum absolute atomic E-state index is 0.408. The summed E-state index contributed by atoms with van der Waals surface area (Å²) in [6.07, 6.45) is 12.0. The van der Waals surface area contributed by atoms with Gasteiger partial charge in [0.2, 0.25) is 0 Å². The van der Waals surface area contributed by atoms with Gasteiger partial charge in [-0.3, -0.25) is 0 Å². The molecule has 1 unspecified atom stereocenters. The fraction of sp³-hybridized carbons (Fsp3) is 0.300. The highest BCUT2D eigenvalue weighted by atomic mass is 35.5. The number of fused-ring (bicyclic) bond motifs is 2. The maximum atomic E-state index is 6.94. The smallest absolute Gasteiger partial charge is 0.279 e. The third kappa shape index (κ3) is 4.03. The fourth-order valence-electron chi connectivity index (χ4n) is 5.43. The molecule has 0 spiro atoms. The van der Waals surface area contributed by atoms with E-state index in [2.05, 4.69) is 115 Å². The number of rotatable bonds is 4. The van der Waals surface area contributed by atoms with Gasteiger partial charge in [0.25, 0.3) is 5.82 Å². The van der Waals surface area contributed by atoms with Gasteiger partial charge in [-0.2, -0.15) is 0 Å². The summed E-state index contributed by atoms with van der Waals surface area (Å²) in [6, 6.07) is 17.1. The molecule has 1 aliphatic heterocycles. The quantitative estimate of drug-likeness (QED) is 0.395. The van der Waals surface area contributed by atoms with Crippen molar-refractivity contribution in [3.05, 3.63) is 100 Å². The molecule has 1 aliphatic carbocycles. The van der Waals surface area contributed by atoms with Crippen LogP contribution in [0.25, 0.3) is 17.1 Å². The number of hydrogen-bond acceptors (Lipinski definition) is 1. The molecule has 5 rings (SSSR count). The van der Waals surface area contributed by atoms with E-state index in [1.54, 1.807) is 0 Å². The number of allylic oxidation sites excluding steroid dienone is 7. The van der Waals surface area contributed by atoms with E-state index < -0.39 is 0 Å². The lowest BCUT2D eigenvalue weighted by molar-refractivity contribution is -0.646. The van der Waals surface area contributed by atoms with Crippen molar-refractivity contribution < 1.29 is 4.57 Å². The van der Waals surface area contributed by atoms with Gasteiger partial charge < -0.3 is 4.90 Å². The van der Waals surface area contributed by atoms with Crippen molar-refractivity contribution in [3.8, 4) is 0 Å². The average Bonchev–Trinajstić information content (AvgIpc) is 3.31. The summed E-state index contributed by atoms with van der Waals surface area (Å²) in [5, 5.41) is 0.900. The molecule has 1 aromatic heterocycles. The van der Waals surface area contributed by atoms with E-state index in [-0.39, 0.29) is 0 Å². The zero-order valence-electron chi connectivity index (χ0n) is 20.5. The Labute approximate surface area is 207 Å². The summed E-state index contributed by atoms with van der Waals surface area (Å²) in [4.78, 5) is 5.84. The molecule has 3 aromatic rings. The molecule has 0 amide bonds. The lowest BCUT2D eigenvalue weighted by atomic mass is 9.87. The molecule has 2 aromatic carbocycles. The summed E-state index contributed by atoms with van der Waals surface area (Å²) in [7, 11) is 4.27. The molecule has 3 nitrogen and oxygen atoms in total. The number of benzene rings is 2. The minimum atomic E-state index is 0.408. The number of anilines is 1. The maximum absolute atomic E-state index is 6.94. The molecule has 0 saturated carbocycles. The molecule has 1 atom stereocenters. The van der Waals surface area contributed by atoms with Crippen molar-refractivity contribution in [2.75, 3.05) is 11.9 Å². The van der Waals surface area contributed by atoms with Gasteiger partial charge >= 0.3 is 0 Å². The van der Waals surface area contributed by atoms with E-state index in [0.717, 1.165) is 35.6 Å². The van der Waals surface area contributed by atoms with Crippen LogP contribution in [0.1, 0.15) is 50.4 Å². The molecule has 0 fully saturated rings. The largest absolute Gasteiger partial charge is 0.347 e. The maximum Gasteiger partial charge on any atom is 0.279 e. The number of likely N-dealkylation sites (N-methyl/N-ethyl adjacent to an activating group) is 1. The zero-order chi connectivity index (χ0) is 23.8. The van der Waals surface area contributed by atoms with Crippen molar-refractivity contribution in [2.45, 2.75) is 39.0 Å². The number of nitrogens with one attached hydrogen (secondary N) is 1. The Kier molecular flexibility index (Phi) is 6.22. The Balaban J connectivity index is 1.45. The molecule has 1 N–H and O–H groups in total. The highest BCUT2D eigenvalue weighted by Gasteiger charge is 2.33. The zero-order valence-corrected chi connectivity index (χ0v) is 21.2. The first-order valence-electron chi connectivity index (χ1n) is 12.2. The van der Waals surface area contributed by atoms with Crippen LogP contribution in [0, 0.1) is 5.92 Å². The van der Waals surface area contributed by atoms with Gasteiger partial charge in [0.1, 0.15) is 0 Å². The van der Waals surface area contributed by atoms with Crippen LogP contribution in [0.15, 0.2) is 88.6 Å². The summed E-state index contributed by atoms with van der Waals surface area (Å²) >= 11 is 6.94. The summed E-state index contributed by atoms with van der Waals surface area (Å²) < 4.78 is 2.18. The van der Waals surface area contributed by atoms with E-state index in [0.29, 0.717) is 11.8 Å². The Hall–Kier alpha value is -3.04. The monoisotopic (exact) mass is 470 g/mol. The van der Waals surface area contributed by atoms with Crippen molar-refractivity contribution in [2.24, 2.45) is 13.0 Å². The Morgan fingerprint density at radius 2 is 1.79 bits per heavy atom. The Morgan fingerprint density at radius 3 is 2.59 bits per heavy atom. The van der Waals surface area contributed by atoms with E-state index in [4.69, 9.17) is 11.6 Å². The number of aryl methyl sites for hydroxylation is 1. The standard InChI is InChI=1S/C30H32ClN3/c1-20(2)29-23-12-5-7-14-25(23)33(3)27(29)18-16-21-10-9-11-22(30(21)31)17-19-28-32-24-13-6-8-15-26(24)34(28)4/h5-8,12-20,29H,9-11H2,1-4H3/p+1/b19-17+,21-16-,27-18-. The van der Waals surface area contributed by atoms with Crippen molar-refractivity contribution >= 4 is 34.4 Å². The number of nitrogens with zero attached hydrogens (tertiary/aromatic N) is 2. The van der Waals surface area contributed by atoms with Crippen LogP contribution >= 0.6 is 11.6 Å². The lowest BCUT2D eigenvalue weighted by Gasteiger charge is -2.21. The number of aromatic amines is 1. The van der Waals surface area contributed by atoms with Crippen molar-refractivity contribution in [3.63, 3.8) is 0 Å². The third-order valence-corrected chi connectivity index (χ3v) is 7.73. The van der Waals surface area contributed by atoms with E-state index in [1.165, 1.54) is 33.6 Å². The first-order valence-corrected chi connectivity index (χ1v) is 12.6. The Morgan fingerprint density at radius 1 is 1.03 bits per heavy atom. The topological polar surface area (TPSA) is 22.9 Å². The Bertz CT molecular complexity index is 1350. The molecule has 0 bridgehead atoms. The number of aromatic nitrogens is 2. The summed E-state index contributed by atoms with van der Waals surface area (Å²) in [6.45, 7) is 4.62. The molecular formula is C30H33ClN3+. The molecule has 34 heavy (non-hydrogen) atoms. The predicted molar refractivity (Wildman–Crippen MR) is 144 cm³/mol. The van der Waals surface area contributed by atoms with Crippen LogP contribution in [0.4, 0.5) is 5.69 Å². The summed E-state index contributed by atoms with van der Waals surface area (Å²) in [5.41, 5.74) is 8.85. The lowest BCUT2D eigenvalue weighted by Crippen LogP contribution is -2.29. The summed E-state index contributed by atoms with van der Waals surface area (Å²) in [5.74, 6) is 2.01. The van der Waals surface area contributed by atoms with E-state index >= 15 is 0 Å². The number of para-hydroxylation sites is 3. The van der Waals surface area contributed by atoms with Gasteiger partial charge in [0.15, 0.2) is 11.0 Å². The number of halogens is 1. The van der Waals surface area contributed by atoms with Crippen LogP contribution < -0.4 is 9.47 Å². The third-order valence-electron chi connectivity index (χ3n) is 7.25. The normalized spacial score (nSPS) is 21.1. The minimum Gasteiger partial charge on any atom is -0.347 e. The number of H-pyrrole nitrogens is 1. The average molecular weight is 471 g/mol. The number of imidazole rings is 1. The molecule has 2 aliphatic rings. The van der Waals surface area contributed by atoms with Crippen molar-refractivity contribution in [1.29, 1.82) is 0 Å². The van der Waals surface area contributed by atoms with Crippen LogP contribution in [0.2, 0.25) is 0 Å². The van der Waals surface area contributed by atoms with Crippen LogP contribution in [-0.4, -0.2) is 12.0 Å². The molecular weight excluding hydrogens is 438 g/mol. The van der Waals surface area contributed by atoms with Crippen LogP contribution in [-0.2, 0) is 7.05 Å². The van der Waals surface area contributed by atoms with Gasteiger partial charge in [-0.15, -0.1) is 0 Å². The first-order chi connectivity index (χ1) is 16.5. The predicted octanol–water partition coefficient (Wildman–Crippen LogP) is 7.38. The molecule has 4 heteroatoms. The second kappa shape index (κ2) is 9.31. The van der Waals surface area contributed by atoms with Gasteiger partial charge in [0, 0.05) is 35.5 Å². The van der Waals surface area contributed by atoms with Crippen LogP contribution in [0.5, 0.6) is 0 Å².